The maximum atomic E-state index is 12.4. The van der Waals surface area contributed by atoms with Crippen molar-refractivity contribution in [3.63, 3.8) is 0 Å². The number of hydrogen-bond donors (Lipinski definition) is 3. The zero-order chi connectivity index (χ0) is 17.4. The van der Waals surface area contributed by atoms with Crippen LogP contribution in [-0.2, 0) is 9.59 Å². The fraction of sp³-hybridized carbons (Fsp3) is 0.632. The topological polar surface area (TPSA) is 91.3 Å². The highest BCUT2D eigenvalue weighted by Crippen LogP contribution is 2.61. The predicted octanol–water partition coefficient (Wildman–Crippen LogP) is 2.45. The van der Waals surface area contributed by atoms with Gasteiger partial charge in [0.25, 0.3) is 0 Å². The van der Waals surface area contributed by atoms with E-state index in [2.05, 4.69) is 15.6 Å². The van der Waals surface area contributed by atoms with E-state index in [1.54, 1.807) is 6.07 Å². The van der Waals surface area contributed by atoms with Gasteiger partial charge in [-0.1, -0.05) is 0 Å². The molecule has 0 saturated heterocycles. The van der Waals surface area contributed by atoms with Gasteiger partial charge >= 0.3 is 0 Å². The van der Waals surface area contributed by atoms with Crippen molar-refractivity contribution in [3.05, 3.63) is 18.3 Å². The van der Waals surface area contributed by atoms with E-state index in [0.717, 1.165) is 17.8 Å². The normalized spacial score (nSPS) is 32.4. The number of rotatable bonds is 5. The summed E-state index contributed by atoms with van der Waals surface area (Å²) in [7, 11) is 0. The summed E-state index contributed by atoms with van der Waals surface area (Å²) in [6, 6.07) is 3.03. The number of carbonyl (C=O) groups excluding carboxylic acids is 2. The summed E-state index contributed by atoms with van der Waals surface area (Å²) in [5.74, 6) is 2.05. The molecule has 4 bridgehead atoms. The minimum atomic E-state index is -0.382. The molecule has 1 heterocycles. The molecule has 4 aliphatic carbocycles. The van der Waals surface area contributed by atoms with Crippen LogP contribution in [0.4, 0.5) is 5.82 Å². The molecule has 5 rings (SSSR count). The highest BCUT2D eigenvalue weighted by Gasteiger charge is 2.51. The summed E-state index contributed by atoms with van der Waals surface area (Å²) < 4.78 is 0. The third-order valence-electron chi connectivity index (χ3n) is 6.19. The molecule has 6 heteroatoms. The zero-order valence-electron chi connectivity index (χ0n) is 14.3. The number of aromatic hydroxyl groups is 1. The Morgan fingerprint density at radius 1 is 1.12 bits per heavy atom. The highest BCUT2D eigenvalue weighted by molar-refractivity contribution is 5.94. The third-order valence-corrected chi connectivity index (χ3v) is 6.19. The summed E-state index contributed by atoms with van der Waals surface area (Å²) in [5, 5.41) is 14.9. The molecule has 0 unspecified atom stereocenters. The number of amides is 2. The first-order chi connectivity index (χ1) is 12.0. The Bertz CT molecular complexity index is 653. The molecule has 6 nitrogen and oxygen atoms in total. The molecule has 25 heavy (non-hydrogen) atoms. The van der Waals surface area contributed by atoms with Gasteiger partial charge in [0.15, 0.2) is 11.6 Å². The van der Waals surface area contributed by atoms with E-state index in [1.807, 2.05) is 0 Å². The Labute approximate surface area is 147 Å². The van der Waals surface area contributed by atoms with Gasteiger partial charge in [0.05, 0.1) is 6.54 Å². The van der Waals surface area contributed by atoms with Gasteiger partial charge in [-0.15, -0.1) is 0 Å². The van der Waals surface area contributed by atoms with E-state index in [9.17, 15) is 14.7 Å². The number of pyridine rings is 1. The molecule has 134 valence electrons. The van der Waals surface area contributed by atoms with E-state index < -0.39 is 0 Å². The van der Waals surface area contributed by atoms with E-state index in [-0.39, 0.29) is 35.3 Å². The lowest BCUT2D eigenvalue weighted by atomic mass is 9.49. The molecular weight excluding hydrogens is 318 g/mol. The lowest BCUT2D eigenvalue weighted by molar-refractivity contribution is -0.131. The lowest BCUT2D eigenvalue weighted by Crippen LogP contribution is -2.48. The van der Waals surface area contributed by atoms with Crippen molar-refractivity contribution >= 4 is 17.6 Å². The quantitative estimate of drug-likeness (QED) is 0.766. The first-order valence-electron chi connectivity index (χ1n) is 9.22. The Kier molecular flexibility index (Phi) is 4.13. The number of hydrogen-bond acceptors (Lipinski definition) is 4. The predicted molar refractivity (Wildman–Crippen MR) is 92.8 cm³/mol. The van der Waals surface area contributed by atoms with Gasteiger partial charge in [-0.3, -0.25) is 9.59 Å². The molecule has 0 aliphatic heterocycles. The van der Waals surface area contributed by atoms with Crippen LogP contribution < -0.4 is 10.6 Å². The Hall–Kier alpha value is -2.11. The van der Waals surface area contributed by atoms with Gasteiger partial charge in [0.2, 0.25) is 11.8 Å². The molecule has 1 aromatic rings. The van der Waals surface area contributed by atoms with Crippen molar-refractivity contribution in [1.82, 2.24) is 10.3 Å². The molecule has 0 spiro atoms. The molecule has 1 aromatic heterocycles. The van der Waals surface area contributed by atoms with Crippen molar-refractivity contribution in [2.45, 2.75) is 44.9 Å². The van der Waals surface area contributed by atoms with Crippen LogP contribution in [0.1, 0.15) is 44.9 Å². The number of carbonyl (C=O) groups is 2. The van der Waals surface area contributed by atoms with Gasteiger partial charge in [-0.2, -0.15) is 0 Å². The van der Waals surface area contributed by atoms with Gasteiger partial charge in [0, 0.05) is 12.6 Å². The number of anilines is 1. The Balaban J connectivity index is 1.28. The average Bonchev–Trinajstić information content (AvgIpc) is 2.53. The molecule has 3 N–H and O–H groups in total. The van der Waals surface area contributed by atoms with Gasteiger partial charge in [-0.25, -0.2) is 4.98 Å². The van der Waals surface area contributed by atoms with Crippen LogP contribution in [0.5, 0.6) is 5.75 Å². The third kappa shape index (κ3) is 3.48. The minimum absolute atomic E-state index is 0.0395. The number of aromatic nitrogens is 1. The van der Waals surface area contributed by atoms with Crippen molar-refractivity contribution < 1.29 is 14.7 Å². The number of nitrogens with one attached hydrogen (secondary N) is 2. The summed E-state index contributed by atoms with van der Waals surface area (Å²) in [4.78, 5) is 28.2. The molecule has 4 saturated carbocycles. The largest absolute Gasteiger partial charge is 0.504 e. The van der Waals surface area contributed by atoms with Crippen molar-refractivity contribution in [2.24, 2.45) is 23.2 Å². The first kappa shape index (κ1) is 16.4. The van der Waals surface area contributed by atoms with E-state index in [0.29, 0.717) is 6.42 Å². The molecule has 0 aromatic carbocycles. The fourth-order valence-corrected chi connectivity index (χ4v) is 5.76. The second-order valence-electron chi connectivity index (χ2n) is 8.29. The van der Waals surface area contributed by atoms with Crippen molar-refractivity contribution in [1.29, 1.82) is 0 Å². The summed E-state index contributed by atoms with van der Waals surface area (Å²) in [5.41, 5.74) is 0.175. The molecule has 4 aliphatic rings. The monoisotopic (exact) mass is 343 g/mol. The van der Waals surface area contributed by atoms with E-state index >= 15 is 0 Å². The second-order valence-corrected chi connectivity index (χ2v) is 8.29. The van der Waals surface area contributed by atoms with Crippen LogP contribution in [0, 0.1) is 23.2 Å². The summed E-state index contributed by atoms with van der Waals surface area (Å²) >= 11 is 0. The van der Waals surface area contributed by atoms with Gasteiger partial charge in [-0.05, 0) is 73.8 Å². The SMILES string of the molecule is O=C(CC12CC3CC(CC(C3)C1)C2)NCC(=O)Nc1ncccc1O. The maximum absolute atomic E-state index is 12.4. The van der Waals surface area contributed by atoms with Crippen LogP contribution in [-0.4, -0.2) is 28.4 Å². The summed E-state index contributed by atoms with van der Waals surface area (Å²) in [6.45, 7) is -0.0960. The molecule has 2 amide bonds. The molecule has 4 fully saturated rings. The second kappa shape index (κ2) is 6.32. The molecule has 0 radical (unpaired) electrons. The minimum Gasteiger partial charge on any atom is -0.504 e. The Morgan fingerprint density at radius 3 is 2.36 bits per heavy atom. The standard InChI is InChI=1S/C19H25N3O3/c23-15-2-1-3-20-18(15)22-17(25)11-21-16(24)10-19-7-12-4-13(8-19)6-14(5-12)9-19/h1-3,12-14,23H,4-11H2,(H,21,24)(H,20,22,25). The molecule has 0 atom stereocenters. The van der Waals surface area contributed by atoms with Gasteiger partial charge in [0.1, 0.15) is 0 Å². The fourth-order valence-electron chi connectivity index (χ4n) is 5.76. The van der Waals surface area contributed by atoms with Crippen LogP contribution >= 0.6 is 0 Å². The van der Waals surface area contributed by atoms with E-state index in [1.165, 1.54) is 50.8 Å². The average molecular weight is 343 g/mol. The van der Waals surface area contributed by atoms with Crippen LogP contribution in [0.3, 0.4) is 0 Å². The summed E-state index contributed by atoms with van der Waals surface area (Å²) in [6.07, 6.45) is 9.64. The van der Waals surface area contributed by atoms with Crippen LogP contribution in [0.2, 0.25) is 0 Å². The van der Waals surface area contributed by atoms with Crippen molar-refractivity contribution in [2.75, 3.05) is 11.9 Å². The van der Waals surface area contributed by atoms with Crippen molar-refractivity contribution in [3.8, 4) is 5.75 Å². The lowest BCUT2D eigenvalue weighted by Gasteiger charge is -2.56. The van der Waals surface area contributed by atoms with Crippen LogP contribution in [0.25, 0.3) is 0 Å². The van der Waals surface area contributed by atoms with E-state index in [4.69, 9.17) is 0 Å². The Morgan fingerprint density at radius 2 is 1.76 bits per heavy atom. The first-order valence-corrected chi connectivity index (χ1v) is 9.22. The number of nitrogens with zero attached hydrogens (tertiary/aromatic N) is 1. The maximum Gasteiger partial charge on any atom is 0.245 e. The van der Waals surface area contributed by atoms with Crippen LogP contribution in [0.15, 0.2) is 18.3 Å². The zero-order valence-corrected chi connectivity index (χ0v) is 14.3. The highest BCUT2D eigenvalue weighted by atomic mass is 16.3. The molecular formula is C19H25N3O3. The van der Waals surface area contributed by atoms with Gasteiger partial charge < -0.3 is 15.7 Å². The smallest absolute Gasteiger partial charge is 0.245 e.